The molecule has 3 rings (SSSR count). The number of amides is 1. The summed E-state index contributed by atoms with van der Waals surface area (Å²) in [6, 6.07) is 8.25. The van der Waals surface area contributed by atoms with Gasteiger partial charge in [0, 0.05) is 31.0 Å². The van der Waals surface area contributed by atoms with Crippen LogP contribution >= 0.6 is 0 Å². The maximum Gasteiger partial charge on any atom is 0.222 e. The maximum absolute atomic E-state index is 11.8. The van der Waals surface area contributed by atoms with Crippen molar-refractivity contribution in [2.24, 2.45) is 0 Å². The summed E-state index contributed by atoms with van der Waals surface area (Å²) in [5, 5.41) is 0. The predicted octanol–water partition coefficient (Wildman–Crippen LogP) is 1.96. The number of benzene rings is 1. The van der Waals surface area contributed by atoms with Crippen LogP contribution in [0.2, 0.25) is 0 Å². The third-order valence-corrected chi connectivity index (χ3v) is 4.13. The van der Waals surface area contributed by atoms with Gasteiger partial charge < -0.3 is 9.64 Å². The molecular formula is C14H17NO2. The molecule has 0 N–H and O–H groups in total. The van der Waals surface area contributed by atoms with Crippen molar-refractivity contribution in [1.82, 2.24) is 4.90 Å². The highest BCUT2D eigenvalue weighted by Crippen LogP contribution is 2.45. The van der Waals surface area contributed by atoms with Gasteiger partial charge in [0.05, 0.1) is 6.61 Å². The Morgan fingerprint density at radius 1 is 1.29 bits per heavy atom. The lowest BCUT2D eigenvalue weighted by molar-refractivity contribution is -0.129. The monoisotopic (exact) mass is 231 g/mol. The average molecular weight is 231 g/mol. The van der Waals surface area contributed by atoms with Gasteiger partial charge in [0.2, 0.25) is 5.91 Å². The van der Waals surface area contributed by atoms with Gasteiger partial charge in [-0.1, -0.05) is 18.2 Å². The molecule has 1 fully saturated rings. The van der Waals surface area contributed by atoms with E-state index in [-0.39, 0.29) is 11.3 Å². The van der Waals surface area contributed by atoms with E-state index >= 15 is 0 Å². The zero-order chi connectivity index (χ0) is 11.9. The third-order valence-electron chi connectivity index (χ3n) is 4.13. The van der Waals surface area contributed by atoms with Crippen molar-refractivity contribution < 1.29 is 9.53 Å². The molecule has 0 aromatic heterocycles. The van der Waals surface area contributed by atoms with E-state index in [1.165, 1.54) is 5.56 Å². The lowest BCUT2D eigenvalue weighted by atomic mass is 9.76. The van der Waals surface area contributed by atoms with Gasteiger partial charge in [-0.2, -0.15) is 0 Å². The predicted molar refractivity (Wildman–Crippen MR) is 65.1 cm³/mol. The molecule has 1 spiro atoms. The molecule has 1 aromatic rings. The lowest BCUT2D eigenvalue weighted by Crippen LogP contribution is -2.30. The summed E-state index contributed by atoms with van der Waals surface area (Å²) in [4.78, 5) is 13.6. The molecule has 0 bridgehead atoms. The molecule has 0 saturated carbocycles. The van der Waals surface area contributed by atoms with Crippen LogP contribution in [0.1, 0.15) is 24.8 Å². The summed E-state index contributed by atoms with van der Waals surface area (Å²) in [5.41, 5.74) is 1.36. The molecule has 0 radical (unpaired) electrons. The van der Waals surface area contributed by atoms with E-state index in [1.807, 2.05) is 24.1 Å². The van der Waals surface area contributed by atoms with Crippen LogP contribution in [0.5, 0.6) is 5.75 Å². The fourth-order valence-corrected chi connectivity index (χ4v) is 2.91. The standard InChI is InChI=1S/C14H17NO2/c1-15-9-8-14(7-6-13(15)16)10-17-12-5-3-2-4-11(12)14/h2-5H,6-10H2,1H3. The van der Waals surface area contributed by atoms with E-state index in [1.54, 1.807) is 0 Å². The van der Waals surface area contributed by atoms with Crippen LogP contribution in [-0.4, -0.2) is 31.0 Å². The van der Waals surface area contributed by atoms with E-state index in [9.17, 15) is 4.79 Å². The molecule has 1 aromatic carbocycles. The number of ether oxygens (including phenoxy) is 1. The topological polar surface area (TPSA) is 29.5 Å². The zero-order valence-corrected chi connectivity index (χ0v) is 10.1. The Morgan fingerprint density at radius 3 is 3.00 bits per heavy atom. The Kier molecular flexibility index (Phi) is 2.35. The molecule has 1 unspecified atom stereocenters. The molecule has 2 aliphatic heterocycles. The number of fused-ring (bicyclic) bond motifs is 2. The van der Waals surface area contributed by atoms with E-state index < -0.39 is 0 Å². The summed E-state index contributed by atoms with van der Waals surface area (Å²) in [6.45, 7) is 1.56. The fraction of sp³-hybridized carbons (Fsp3) is 0.500. The van der Waals surface area contributed by atoms with Crippen molar-refractivity contribution in [2.75, 3.05) is 20.2 Å². The van der Waals surface area contributed by atoms with Gasteiger partial charge >= 0.3 is 0 Å². The van der Waals surface area contributed by atoms with Crippen molar-refractivity contribution in [3.63, 3.8) is 0 Å². The first-order valence-electron chi connectivity index (χ1n) is 6.18. The van der Waals surface area contributed by atoms with Crippen molar-refractivity contribution in [2.45, 2.75) is 24.7 Å². The molecule has 17 heavy (non-hydrogen) atoms. The minimum absolute atomic E-state index is 0.0665. The molecule has 3 heteroatoms. The van der Waals surface area contributed by atoms with Crippen LogP contribution in [0.4, 0.5) is 0 Å². The van der Waals surface area contributed by atoms with Crippen LogP contribution in [0.25, 0.3) is 0 Å². The normalized spacial score (nSPS) is 27.8. The summed E-state index contributed by atoms with van der Waals surface area (Å²) in [5.74, 6) is 1.26. The second kappa shape index (κ2) is 3.76. The number of likely N-dealkylation sites (tertiary alicyclic amines) is 1. The quantitative estimate of drug-likeness (QED) is 0.683. The Hall–Kier alpha value is -1.51. The minimum Gasteiger partial charge on any atom is -0.492 e. The van der Waals surface area contributed by atoms with Gasteiger partial charge in [-0.25, -0.2) is 0 Å². The number of carbonyl (C=O) groups is 1. The van der Waals surface area contributed by atoms with Gasteiger partial charge in [0.15, 0.2) is 0 Å². The molecular weight excluding hydrogens is 214 g/mol. The Labute approximate surface area is 101 Å². The SMILES string of the molecule is CN1CCC2(CCC1=O)COc1ccccc12. The van der Waals surface area contributed by atoms with Gasteiger partial charge in [-0.3, -0.25) is 4.79 Å². The first-order chi connectivity index (χ1) is 8.21. The van der Waals surface area contributed by atoms with E-state index in [0.29, 0.717) is 6.42 Å². The zero-order valence-electron chi connectivity index (χ0n) is 10.1. The molecule has 2 heterocycles. The van der Waals surface area contributed by atoms with Crippen molar-refractivity contribution >= 4 is 5.91 Å². The van der Waals surface area contributed by atoms with Gasteiger partial charge in [0.25, 0.3) is 0 Å². The van der Waals surface area contributed by atoms with E-state index in [4.69, 9.17) is 4.74 Å². The second-order valence-corrected chi connectivity index (χ2v) is 5.13. The van der Waals surface area contributed by atoms with E-state index in [0.717, 1.165) is 31.7 Å². The second-order valence-electron chi connectivity index (χ2n) is 5.13. The number of hydrogen-bond donors (Lipinski definition) is 0. The largest absolute Gasteiger partial charge is 0.492 e. The van der Waals surface area contributed by atoms with Gasteiger partial charge in [-0.15, -0.1) is 0 Å². The highest BCUT2D eigenvalue weighted by Gasteiger charge is 2.42. The number of para-hydroxylation sites is 1. The number of rotatable bonds is 0. The van der Waals surface area contributed by atoms with Crippen molar-refractivity contribution in [1.29, 1.82) is 0 Å². The number of hydrogen-bond acceptors (Lipinski definition) is 2. The molecule has 1 amide bonds. The first kappa shape index (κ1) is 10.6. The summed E-state index contributed by atoms with van der Waals surface area (Å²) < 4.78 is 5.79. The molecule has 2 aliphatic rings. The summed E-state index contributed by atoms with van der Waals surface area (Å²) in [6.07, 6.45) is 2.55. The smallest absolute Gasteiger partial charge is 0.222 e. The van der Waals surface area contributed by atoms with Gasteiger partial charge in [0.1, 0.15) is 5.75 Å². The third kappa shape index (κ3) is 1.61. The fourth-order valence-electron chi connectivity index (χ4n) is 2.91. The van der Waals surface area contributed by atoms with Crippen LogP contribution in [0, 0.1) is 0 Å². The Bertz CT molecular complexity index is 457. The Balaban J connectivity index is 1.96. The Morgan fingerprint density at radius 2 is 2.12 bits per heavy atom. The minimum atomic E-state index is 0.0665. The molecule has 3 nitrogen and oxygen atoms in total. The average Bonchev–Trinajstić information content (AvgIpc) is 2.66. The van der Waals surface area contributed by atoms with E-state index in [2.05, 4.69) is 12.1 Å². The number of nitrogens with zero attached hydrogens (tertiary/aromatic N) is 1. The van der Waals surface area contributed by atoms with Crippen molar-refractivity contribution in [3.8, 4) is 5.75 Å². The summed E-state index contributed by atoms with van der Waals surface area (Å²) >= 11 is 0. The van der Waals surface area contributed by atoms with Crippen LogP contribution in [0.15, 0.2) is 24.3 Å². The van der Waals surface area contributed by atoms with Crippen LogP contribution < -0.4 is 4.74 Å². The summed E-state index contributed by atoms with van der Waals surface area (Å²) in [7, 11) is 1.89. The maximum atomic E-state index is 11.8. The molecule has 90 valence electrons. The van der Waals surface area contributed by atoms with Crippen LogP contribution in [0.3, 0.4) is 0 Å². The molecule has 0 aliphatic carbocycles. The molecule has 1 atom stereocenters. The number of carbonyl (C=O) groups excluding carboxylic acids is 1. The van der Waals surface area contributed by atoms with Gasteiger partial charge in [-0.05, 0) is 18.9 Å². The van der Waals surface area contributed by atoms with Crippen LogP contribution in [-0.2, 0) is 10.2 Å². The highest BCUT2D eigenvalue weighted by molar-refractivity contribution is 5.76. The highest BCUT2D eigenvalue weighted by atomic mass is 16.5. The molecule has 1 saturated heterocycles. The lowest BCUT2D eigenvalue weighted by Gasteiger charge is -2.25. The van der Waals surface area contributed by atoms with Crippen molar-refractivity contribution in [3.05, 3.63) is 29.8 Å². The first-order valence-corrected chi connectivity index (χ1v) is 6.18.